The van der Waals surface area contributed by atoms with Gasteiger partial charge in [0.25, 0.3) is 0 Å². The molecule has 31 heavy (non-hydrogen) atoms. The Morgan fingerprint density at radius 3 is 2.77 bits per heavy atom. The molecular weight excluding hydrogens is 392 g/mol. The van der Waals surface area contributed by atoms with E-state index < -0.39 is 6.10 Å². The minimum atomic E-state index is -0.580. The van der Waals surface area contributed by atoms with Gasteiger partial charge in [-0.15, -0.1) is 0 Å². The van der Waals surface area contributed by atoms with Crippen molar-refractivity contribution in [1.29, 1.82) is 5.26 Å². The molecule has 4 rings (SSSR count). The number of benzene rings is 1. The van der Waals surface area contributed by atoms with E-state index in [4.69, 9.17) is 10.00 Å². The van der Waals surface area contributed by atoms with Crippen LogP contribution < -0.4 is 4.90 Å². The molecule has 7 heteroatoms. The van der Waals surface area contributed by atoms with Crippen LogP contribution in [0.1, 0.15) is 51.6 Å². The Morgan fingerprint density at radius 2 is 2.10 bits per heavy atom. The molecule has 0 unspecified atom stereocenters. The van der Waals surface area contributed by atoms with Crippen molar-refractivity contribution in [3.63, 3.8) is 0 Å². The minimum Gasteiger partial charge on any atom is -0.457 e. The van der Waals surface area contributed by atoms with Crippen molar-refractivity contribution in [3.8, 4) is 6.07 Å². The molecule has 1 aromatic carbocycles. The van der Waals surface area contributed by atoms with Gasteiger partial charge >= 0.3 is 5.97 Å². The van der Waals surface area contributed by atoms with Gasteiger partial charge in [0.1, 0.15) is 18.5 Å². The Labute approximate surface area is 182 Å². The van der Waals surface area contributed by atoms with Gasteiger partial charge in [0, 0.05) is 31.9 Å². The fourth-order valence-electron chi connectivity index (χ4n) is 4.58. The van der Waals surface area contributed by atoms with Crippen LogP contribution in [0.2, 0.25) is 0 Å². The predicted molar refractivity (Wildman–Crippen MR) is 117 cm³/mol. The first-order valence-corrected chi connectivity index (χ1v) is 10.7. The summed E-state index contributed by atoms with van der Waals surface area (Å²) in [5.41, 5.74) is 3.93. The number of β-amino-alcohol motifs (C(OH)–C–C–N with tert-alkyl or cyclic N) is 1. The number of hydrogen-bond acceptors (Lipinski definition) is 7. The molecule has 0 amide bonds. The molecule has 1 atom stereocenters. The van der Waals surface area contributed by atoms with E-state index in [0.717, 1.165) is 55.0 Å². The molecule has 162 valence electrons. The number of carbonyl (C=O) groups excluding carboxylic acids is 1. The maximum atomic E-state index is 11.7. The molecule has 1 aromatic heterocycles. The van der Waals surface area contributed by atoms with Gasteiger partial charge in [0.15, 0.2) is 0 Å². The van der Waals surface area contributed by atoms with E-state index in [-0.39, 0.29) is 5.97 Å². The molecule has 0 saturated carbocycles. The molecule has 0 radical (unpaired) electrons. The number of aliphatic hydroxyl groups excluding tert-OH is 1. The summed E-state index contributed by atoms with van der Waals surface area (Å²) < 4.78 is 5.12. The SMILES string of the molecule is Cc1c([C@@H](O)CN2CCC(CN(C)c3ccc(C#N)cn3)CC2)ccc2c1COC2=O. The zero-order chi connectivity index (χ0) is 22.0. The van der Waals surface area contributed by atoms with Crippen molar-refractivity contribution in [3.05, 3.63) is 58.3 Å². The number of piperidine rings is 1. The van der Waals surface area contributed by atoms with Gasteiger partial charge in [0.2, 0.25) is 0 Å². The standard InChI is InChI=1S/C24H28N4O3/c1-16-19(4-5-20-21(16)15-31-24(20)30)22(29)14-28-9-7-17(8-10-28)13-27(2)23-6-3-18(11-25)12-26-23/h3-6,12,17,22,29H,7-10,13-15H2,1-2H3/t22-/m0/s1. The Bertz CT molecular complexity index is 991. The highest BCUT2D eigenvalue weighted by atomic mass is 16.5. The van der Waals surface area contributed by atoms with Gasteiger partial charge in [0.05, 0.1) is 17.2 Å². The van der Waals surface area contributed by atoms with Crippen molar-refractivity contribution < 1.29 is 14.6 Å². The summed E-state index contributed by atoms with van der Waals surface area (Å²) in [6, 6.07) is 9.42. The van der Waals surface area contributed by atoms with Gasteiger partial charge in [-0.1, -0.05) is 6.07 Å². The van der Waals surface area contributed by atoms with Gasteiger partial charge in [-0.25, -0.2) is 9.78 Å². The van der Waals surface area contributed by atoms with Crippen molar-refractivity contribution >= 4 is 11.8 Å². The van der Waals surface area contributed by atoms with E-state index in [2.05, 4.69) is 20.9 Å². The molecule has 2 aliphatic rings. The normalized spacial score (nSPS) is 17.7. The monoisotopic (exact) mass is 420 g/mol. The number of aromatic nitrogens is 1. The number of anilines is 1. The molecule has 0 bridgehead atoms. The highest BCUT2D eigenvalue weighted by Crippen LogP contribution is 2.30. The van der Waals surface area contributed by atoms with Gasteiger partial charge in [-0.3, -0.25) is 0 Å². The first-order valence-electron chi connectivity index (χ1n) is 10.7. The number of cyclic esters (lactones) is 1. The molecule has 0 spiro atoms. The summed E-state index contributed by atoms with van der Waals surface area (Å²) in [7, 11) is 2.04. The lowest BCUT2D eigenvalue weighted by Crippen LogP contribution is -2.39. The third kappa shape index (κ3) is 4.55. The second-order valence-corrected chi connectivity index (χ2v) is 8.54. The Balaban J connectivity index is 1.29. The number of hydrogen-bond donors (Lipinski definition) is 1. The van der Waals surface area contributed by atoms with E-state index in [1.54, 1.807) is 18.3 Å². The highest BCUT2D eigenvalue weighted by molar-refractivity contribution is 5.93. The molecule has 1 N–H and O–H groups in total. The molecule has 1 fully saturated rings. The van der Waals surface area contributed by atoms with Crippen LogP contribution in [-0.2, 0) is 11.3 Å². The number of pyridine rings is 1. The number of fused-ring (bicyclic) bond motifs is 1. The number of esters is 1. The van der Waals surface area contributed by atoms with Crippen molar-refractivity contribution in [2.45, 2.75) is 32.5 Å². The van der Waals surface area contributed by atoms with Gasteiger partial charge < -0.3 is 19.6 Å². The number of aliphatic hydroxyl groups is 1. The zero-order valence-electron chi connectivity index (χ0n) is 18.0. The molecule has 0 aliphatic carbocycles. The predicted octanol–water partition coefficient (Wildman–Crippen LogP) is 2.81. The lowest BCUT2D eigenvalue weighted by molar-refractivity contribution is 0.0535. The van der Waals surface area contributed by atoms with Crippen LogP contribution >= 0.6 is 0 Å². The van der Waals surface area contributed by atoms with E-state index in [9.17, 15) is 9.90 Å². The smallest absolute Gasteiger partial charge is 0.338 e. The van der Waals surface area contributed by atoms with Gasteiger partial charge in [-0.2, -0.15) is 5.26 Å². The van der Waals surface area contributed by atoms with Crippen LogP contribution in [0.15, 0.2) is 30.5 Å². The number of nitriles is 1. The fourth-order valence-corrected chi connectivity index (χ4v) is 4.58. The molecule has 1 saturated heterocycles. The average molecular weight is 421 g/mol. The molecule has 7 nitrogen and oxygen atoms in total. The molecule has 3 heterocycles. The number of likely N-dealkylation sites (tertiary alicyclic amines) is 1. The Morgan fingerprint density at radius 1 is 1.32 bits per heavy atom. The molecule has 2 aromatic rings. The summed E-state index contributed by atoms with van der Waals surface area (Å²) in [4.78, 5) is 20.6. The molecule has 2 aliphatic heterocycles. The second kappa shape index (κ2) is 9.04. The van der Waals surface area contributed by atoms with Crippen LogP contribution in [0, 0.1) is 24.2 Å². The van der Waals surface area contributed by atoms with E-state index in [1.165, 1.54) is 0 Å². The van der Waals surface area contributed by atoms with Crippen LogP contribution in [0.3, 0.4) is 0 Å². The van der Waals surface area contributed by atoms with E-state index in [1.807, 2.05) is 26.1 Å². The lowest BCUT2D eigenvalue weighted by Gasteiger charge is -2.35. The van der Waals surface area contributed by atoms with E-state index >= 15 is 0 Å². The summed E-state index contributed by atoms with van der Waals surface area (Å²) in [6.45, 7) is 5.66. The van der Waals surface area contributed by atoms with Gasteiger partial charge in [-0.05, 0) is 68.1 Å². The van der Waals surface area contributed by atoms with Crippen LogP contribution in [0.4, 0.5) is 5.82 Å². The minimum absolute atomic E-state index is 0.276. The average Bonchev–Trinajstić information content (AvgIpc) is 3.17. The quantitative estimate of drug-likeness (QED) is 0.719. The summed E-state index contributed by atoms with van der Waals surface area (Å²) in [5.74, 6) is 1.18. The summed E-state index contributed by atoms with van der Waals surface area (Å²) in [6.07, 6.45) is 3.17. The first kappa shape index (κ1) is 21.3. The van der Waals surface area contributed by atoms with Crippen molar-refractivity contribution in [2.24, 2.45) is 5.92 Å². The largest absolute Gasteiger partial charge is 0.457 e. The highest BCUT2D eigenvalue weighted by Gasteiger charge is 2.27. The van der Waals surface area contributed by atoms with Crippen LogP contribution in [0.5, 0.6) is 0 Å². The van der Waals surface area contributed by atoms with Crippen molar-refractivity contribution in [2.75, 3.05) is 38.1 Å². The maximum Gasteiger partial charge on any atom is 0.338 e. The summed E-state index contributed by atoms with van der Waals surface area (Å²) in [5, 5.41) is 19.8. The van der Waals surface area contributed by atoms with E-state index in [0.29, 0.717) is 30.2 Å². The fraction of sp³-hybridized carbons (Fsp3) is 0.458. The third-order valence-electron chi connectivity index (χ3n) is 6.51. The zero-order valence-corrected chi connectivity index (χ0v) is 18.0. The Hall–Kier alpha value is -2.95. The Kier molecular flexibility index (Phi) is 6.21. The third-order valence-corrected chi connectivity index (χ3v) is 6.51. The topological polar surface area (TPSA) is 89.7 Å². The summed E-state index contributed by atoms with van der Waals surface area (Å²) >= 11 is 0. The maximum absolute atomic E-state index is 11.7. The number of carbonyl (C=O) groups is 1. The number of nitrogens with zero attached hydrogens (tertiary/aromatic N) is 4. The van der Waals surface area contributed by atoms with Crippen molar-refractivity contribution in [1.82, 2.24) is 9.88 Å². The lowest BCUT2D eigenvalue weighted by atomic mass is 9.93. The number of rotatable bonds is 6. The van der Waals surface area contributed by atoms with Crippen LogP contribution in [0.25, 0.3) is 0 Å². The molecular formula is C24H28N4O3. The van der Waals surface area contributed by atoms with Crippen LogP contribution in [-0.4, -0.2) is 54.2 Å². The first-order chi connectivity index (χ1) is 15.0. The second-order valence-electron chi connectivity index (χ2n) is 8.54. The number of ether oxygens (including phenoxy) is 1.